The molecule has 35 heavy (non-hydrogen) atoms. The molecule has 4 N–H and O–H groups in total. The Balaban J connectivity index is 1.67. The zero-order chi connectivity index (χ0) is 25.2. The van der Waals surface area contributed by atoms with Crippen molar-refractivity contribution < 1.29 is 4.79 Å². The number of carbonyl (C=O) groups excluding carboxylic acids is 1. The molecule has 0 radical (unpaired) electrons. The third-order valence-corrected chi connectivity index (χ3v) is 5.91. The van der Waals surface area contributed by atoms with Crippen molar-refractivity contribution in [2.75, 3.05) is 17.2 Å². The van der Waals surface area contributed by atoms with Crippen molar-refractivity contribution in [3.8, 4) is 0 Å². The van der Waals surface area contributed by atoms with Gasteiger partial charge in [0.25, 0.3) is 5.91 Å². The van der Waals surface area contributed by atoms with Gasteiger partial charge in [-0.1, -0.05) is 38.4 Å². The highest BCUT2D eigenvalue weighted by Crippen LogP contribution is 2.30. The van der Waals surface area contributed by atoms with Crippen LogP contribution in [0.25, 0.3) is 0 Å². The number of nitrogens with zero attached hydrogens (tertiary/aromatic N) is 3. The van der Waals surface area contributed by atoms with Gasteiger partial charge < -0.3 is 21.3 Å². The summed E-state index contributed by atoms with van der Waals surface area (Å²) in [6, 6.07) is 9.80. The van der Waals surface area contributed by atoms with Crippen LogP contribution >= 0.6 is 11.6 Å². The molecule has 1 aromatic carbocycles. The Labute approximate surface area is 211 Å². The van der Waals surface area contributed by atoms with E-state index in [2.05, 4.69) is 43.4 Å². The molecule has 4 rings (SSSR count). The van der Waals surface area contributed by atoms with Crippen LogP contribution in [0.5, 0.6) is 0 Å². The number of hydrogen-bond acceptors (Lipinski definition) is 7. The summed E-state index contributed by atoms with van der Waals surface area (Å²) in [7, 11) is 0. The van der Waals surface area contributed by atoms with E-state index in [0.717, 1.165) is 30.9 Å². The Morgan fingerprint density at radius 2 is 1.89 bits per heavy atom. The summed E-state index contributed by atoms with van der Waals surface area (Å²) in [5, 5.41) is 13.4. The predicted molar refractivity (Wildman–Crippen MR) is 141 cm³/mol. The number of aromatic nitrogens is 3. The lowest BCUT2D eigenvalue weighted by molar-refractivity contribution is 0.0943. The zero-order valence-corrected chi connectivity index (χ0v) is 21.5. The first-order valence-electron chi connectivity index (χ1n) is 11.8. The van der Waals surface area contributed by atoms with Crippen molar-refractivity contribution >= 4 is 40.8 Å². The number of hydrogen-bond donors (Lipinski definition) is 4. The van der Waals surface area contributed by atoms with E-state index in [-0.39, 0.29) is 17.4 Å². The molecule has 8 nitrogen and oxygen atoms in total. The first-order valence-corrected chi connectivity index (χ1v) is 12.2. The van der Waals surface area contributed by atoms with Crippen LogP contribution in [-0.2, 0) is 18.4 Å². The van der Waals surface area contributed by atoms with Crippen LogP contribution in [0.1, 0.15) is 61.8 Å². The van der Waals surface area contributed by atoms with Crippen LogP contribution in [0.15, 0.2) is 36.5 Å². The molecule has 1 aliphatic rings. The Hall–Kier alpha value is -3.23. The van der Waals surface area contributed by atoms with Crippen LogP contribution in [0.3, 0.4) is 0 Å². The lowest BCUT2D eigenvalue weighted by Crippen LogP contribution is -2.31. The highest BCUT2D eigenvalue weighted by atomic mass is 35.5. The minimum Gasteiger partial charge on any atom is -0.350 e. The zero-order valence-electron chi connectivity index (χ0n) is 20.8. The number of pyridine rings is 1. The van der Waals surface area contributed by atoms with Crippen molar-refractivity contribution in [3.63, 3.8) is 0 Å². The number of rotatable bonds is 6. The normalized spacial score (nSPS) is 13.3. The van der Waals surface area contributed by atoms with Gasteiger partial charge in [-0.2, -0.15) is 4.98 Å². The van der Waals surface area contributed by atoms with E-state index in [1.54, 1.807) is 12.1 Å². The fourth-order valence-corrected chi connectivity index (χ4v) is 4.28. The largest absolute Gasteiger partial charge is 0.350 e. The summed E-state index contributed by atoms with van der Waals surface area (Å²) in [6.07, 6.45) is 2.54. The minimum absolute atomic E-state index is 0.0293. The van der Waals surface area contributed by atoms with Crippen molar-refractivity contribution in [3.05, 3.63) is 63.9 Å². The molecule has 0 bridgehead atoms. The van der Waals surface area contributed by atoms with Crippen molar-refractivity contribution in [2.24, 2.45) is 0 Å². The number of anilines is 4. The maximum Gasteiger partial charge on any atom is 0.256 e. The fourth-order valence-electron chi connectivity index (χ4n) is 3.89. The highest BCUT2D eigenvalue weighted by molar-refractivity contribution is 6.31. The second-order valence-corrected chi connectivity index (χ2v) is 10.4. The lowest BCUT2D eigenvalue weighted by atomic mass is 9.91. The molecule has 184 valence electrons. The van der Waals surface area contributed by atoms with E-state index in [1.807, 2.05) is 40.7 Å². The molecule has 9 heteroatoms. The second-order valence-electron chi connectivity index (χ2n) is 10.0. The number of amides is 1. The van der Waals surface area contributed by atoms with E-state index in [1.165, 1.54) is 17.3 Å². The molecule has 0 spiro atoms. The molecule has 0 saturated carbocycles. The van der Waals surface area contributed by atoms with Gasteiger partial charge in [-0.3, -0.25) is 4.79 Å². The lowest BCUT2D eigenvalue weighted by Gasteiger charge is -2.21. The molecule has 0 unspecified atom stereocenters. The van der Waals surface area contributed by atoms with Crippen LogP contribution in [0, 0.1) is 0 Å². The monoisotopic (exact) mass is 493 g/mol. The number of benzene rings is 1. The van der Waals surface area contributed by atoms with Gasteiger partial charge in [-0.05, 0) is 62.2 Å². The number of nitrogens with one attached hydrogen (secondary N) is 4. The Morgan fingerprint density at radius 1 is 1.09 bits per heavy atom. The fraction of sp³-hybridized carbons (Fsp3) is 0.385. The van der Waals surface area contributed by atoms with Crippen molar-refractivity contribution in [1.82, 2.24) is 25.6 Å². The summed E-state index contributed by atoms with van der Waals surface area (Å²) in [5.74, 6) is 1.01. The topological polar surface area (TPSA) is 104 Å². The predicted octanol–water partition coefficient (Wildman–Crippen LogP) is 5.09. The molecule has 3 heterocycles. The smallest absolute Gasteiger partial charge is 0.256 e. The average Bonchev–Trinajstić information content (AvgIpc) is 2.79. The summed E-state index contributed by atoms with van der Waals surface area (Å²) in [4.78, 5) is 26.6. The summed E-state index contributed by atoms with van der Waals surface area (Å²) >= 11 is 6.39. The SMILES string of the molecule is CC(C)NC(=O)c1cnc(Nc2ccc3c(c2)CNCC3)nc1Nc1ccc(Cl)c(C(C)(C)C)n1. The summed E-state index contributed by atoms with van der Waals surface area (Å²) < 4.78 is 0. The maximum absolute atomic E-state index is 12.9. The quantitative estimate of drug-likeness (QED) is 0.379. The highest BCUT2D eigenvalue weighted by Gasteiger charge is 2.21. The van der Waals surface area contributed by atoms with E-state index in [9.17, 15) is 4.79 Å². The molecule has 1 amide bonds. The Morgan fingerprint density at radius 3 is 2.63 bits per heavy atom. The third-order valence-electron chi connectivity index (χ3n) is 5.61. The molecule has 3 aromatic rings. The van der Waals surface area contributed by atoms with Gasteiger partial charge in [-0.25, -0.2) is 9.97 Å². The molecule has 0 aliphatic carbocycles. The van der Waals surface area contributed by atoms with Crippen molar-refractivity contribution in [2.45, 2.75) is 59.0 Å². The van der Waals surface area contributed by atoms with Crippen LogP contribution in [0.4, 0.5) is 23.3 Å². The molecule has 1 aliphatic heterocycles. The number of fused-ring (bicyclic) bond motifs is 1. The number of halogens is 1. The molecular weight excluding hydrogens is 462 g/mol. The summed E-state index contributed by atoms with van der Waals surface area (Å²) in [5.41, 5.74) is 4.33. The standard InChI is InChI=1S/C26H32ClN7O/c1-15(2)30-24(35)19-14-29-25(31-18-7-6-16-10-11-28-13-17(16)12-18)34-23(19)33-21-9-8-20(27)22(32-21)26(3,4)5/h6-9,12,14-15,28H,10-11,13H2,1-5H3,(H,30,35)(H2,29,31,32,33,34). The van der Waals surface area contributed by atoms with Crippen LogP contribution in [0.2, 0.25) is 5.02 Å². The Bertz CT molecular complexity index is 1240. The van der Waals surface area contributed by atoms with Crippen LogP contribution < -0.4 is 21.3 Å². The average molecular weight is 494 g/mol. The van der Waals surface area contributed by atoms with Gasteiger partial charge in [0.2, 0.25) is 5.95 Å². The van der Waals surface area contributed by atoms with E-state index >= 15 is 0 Å². The van der Waals surface area contributed by atoms with E-state index in [0.29, 0.717) is 28.2 Å². The van der Waals surface area contributed by atoms with Gasteiger partial charge in [-0.15, -0.1) is 0 Å². The first kappa shape index (κ1) is 24.9. The maximum atomic E-state index is 12.9. The van der Waals surface area contributed by atoms with E-state index in [4.69, 9.17) is 16.6 Å². The van der Waals surface area contributed by atoms with Crippen LogP contribution in [-0.4, -0.2) is 33.4 Å². The second kappa shape index (κ2) is 10.2. The van der Waals surface area contributed by atoms with Gasteiger partial charge in [0.1, 0.15) is 17.2 Å². The van der Waals surface area contributed by atoms with Crippen molar-refractivity contribution in [1.29, 1.82) is 0 Å². The molecule has 0 saturated heterocycles. The van der Waals surface area contributed by atoms with Gasteiger partial charge in [0.05, 0.1) is 10.7 Å². The molecule has 2 aromatic heterocycles. The number of carbonyl (C=O) groups is 1. The van der Waals surface area contributed by atoms with Gasteiger partial charge in [0.15, 0.2) is 0 Å². The molecular formula is C26H32ClN7O. The Kier molecular flexibility index (Phi) is 7.23. The minimum atomic E-state index is -0.265. The third kappa shape index (κ3) is 6.07. The molecule has 0 atom stereocenters. The van der Waals surface area contributed by atoms with E-state index < -0.39 is 0 Å². The van der Waals surface area contributed by atoms with Gasteiger partial charge in [0, 0.05) is 29.9 Å². The van der Waals surface area contributed by atoms with Gasteiger partial charge >= 0.3 is 0 Å². The summed E-state index contributed by atoms with van der Waals surface area (Å²) in [6.45, 7) is 11.8. The first-order chi connectivity index (χ1) is 16.6. The molecule has 0 fully saturated rings.